The molecule has 0 fully saturated rings. The number of nitrogens with one attached hydrogen (secondary N) is 1. The maximum Gasteiger partial charge on any atom is 0.242 e. The first-order valence-corrected chi connectivity index (χ1v) is 8.48. The van der Waals surface area contributed by atoms with E-state index in [1.54, 1.807) is 12.1 Å². The Labute approximate surface area is 133 Å². The first-order valence-electron chi connectivity index (χ1n) is 6.61. The fourth-order valence-electron chi connectivity index (χ4n) is 1.74. The maximum absolute atomic E-state index is 12.7. The minimum Gasteiger partial charge on any atom is -0.494 e. The normalized spacial score (nSPS) is 11.4. The van der Waals surface area contributed by atoms with Crippen molar-refractivity contribution in [3.63, 3.8) is 0 Å². The van der Waals surface area contributed by atoms with Gasteiger partial charge >= 0.3 is 0 Å². The summed E-state index contributed by atoms with van der Waals surface area (Å²) in [6.07, 6.45) is 0.473. The molecule has 118 valence electrons. The van der Waals surface area contributed by atoms with Gasteiger partial charge in [0.15, 0.2) is 0 Å². The van der Waals surface area contributed by atoms with Crippen LogP contribution in [0.3, 0.4) is 0 Å². The summed E-state index contributed by atoms with van der Waals surface area (Å²) < 4.78 is 44.6. The lowest BCUT2D eigenvalue weighted by Crippen LogP contribution is -2.26. The molecule has 22 heavy (non-hydrogen) atoms. The van der Waals surface area contributed by atoms with Crippen LogP contribution in [0.1, 0.15) is 6.42 Å². The van der Waals surface area contributed by atoms with Crippen molar-refractivity contribution < 1.29 is 17.5 Å². The topological polar surface area (TPSA) is 55.4 Å². The number of ether oxygens (including phenoxy) is 1. The van der Waals surface area contributed by atoms with Crippen LogP contribution in [0.25, 0.3) is 0 Å². The van der Waals surface area contributed by atoms with Crippen molar-refractivity contribution in [3.05, 3.63) is 59.4 Å². The van der Waals surface area contributed by atoms with Crippen molar-refractivity contribution in [2.24, 2.45) is 0 Å². The lowest BCUT2D eigenvalue weighted by molar-refractivity contribution is 0.311. The molecular formula is C15H15ClFNO3S. The molecule has 0 unspecified atom stereocenters. The zero-order chi connectivity index (χ0) is 16.0. The molecule has 2 aromatic rings. The average molecular weight is 344 g/mol. The number of sulfonamides is 1. The third-order valence-corrected chi connectivity index (χ3v) is 4.78. The maximum atomic E-state index is 12.7. The highest BCUT2D eigenvalue weighted by molar-refractivity contribution is 7.89. The van der Waals surface area contributed by atoms with Crippen molar-refractivity contribution >= 4 is 21.6 Å². The number of rotatable bonds is 7. The smallest absolute Gasteiger partial charge is 0.242 e. The molecule has 7 heteroatoms. The number of halogens is 2. The largest absolute Gasteiger partial charge is 0.494 e. The van der Waals surface area contributed by atoms with Crippen molar-refractivity contribution in [2.75, 3.05) is 13.2 Å². The second-order valence-electron chi connectivity index (χ2n) is 4.48. The molecule has 2 aromatic carbocycles. The Morgan fingerprint density at radius 3 is 2.45 bits per heavy atom. The summed E-state index contributed by atoms with van der Waals surface area (Å²) in [5.74, 6) is 0.204. The van der Waals surface area contributed by atoms with Crippen LogP contribution in [0.5, 0.6) is 5.75 Å². The van der Waals surface area contributed by atoms with E-state index in [1.807, 2.05) is 0 Å². The van der Waals surface area contributed by atoms with Crippen molar-refractivity contribution in [1.29, 1.82) is 0 Å². The number of hydrogen-bond acceptors (Lipinski definition) is 3. The summed E-state index contributed by atoms with van der Waals surface area (Å²) in [6, 6.07) is 11.9. The Bertz CT molecular complexity index is 720. The van der Waals surface area contributed by atoms with Gasteiger partial charge in [-0.2, -0.15) is 0 Å². The fourth-order valence-corrected chi connectivity index (χ4v) is 3.33. The molecule has 1 N–H and O–H groups in total. The van der Waals surface area contributed by atoms with Crippen LogP contribution < -0.4 is 9.46 Å². The van der Waals surface area contributed by atoms with Gasteiger partial charge in [-0.1, -0.05) is 23.7 Å². The van der Waals surface area contributed by atoms with Crippen LogP contribution in [0.2, 0.25) is 5.02 Å². The lowest BCUT2D eigenvalue weighted by Gasteiger charge is -2.09. The monoisotopic (exact) mass is 343 g/mol. The van der Waals surface area contributed by atoms with E-state index < -0.39 is 10.0 Å². The van der Waals surface area contributed by atoms with E-state index in [0.29, 0.717) is 18.8 Å². The summed E-state index contributed by atoms with van der Waals surface area (Å²) in [5, 5.41) is 0.178. The van der Waals surface area contributed by atoms with Crippen LogP contribution in [-0.2, 0) is 10.0 Å². The van der Waals surface area contributed by atoms with Gasteiger partial charge in [0.05, 0.1) is 11.6 Å². The fraction of sp³-hybridized carbons (Fsp3) is 0.200. The van der Waals surface area contributed by atoms with Crippen molar-refractivity contribution in [2.45, 2.75) is 11.3 Å². The molecule has 0 aromatic heterocycles. The van der Waals surface area contributed by atoms with Gasteiger partial charge < -0.3 is 4.74 Å². The highest BCUT2D eigenvalue weighted by Gasteiger charge is 2.16. The van der Waals surface area contributed by atoms with E-state index >= 15 is 0 Å². The molecule has 0 aliphatic heterocycles. The van der Waals surface area contributed by atoms with E-state index in [4.69, 9.17) is 16.3 Å². The minimum atomic E-state index is -3.63. The van der Waals surface area contributed by atoms with Gasteiger partial charge in [0.1, 0.15) is 16.5 Å². The molecule has 4 nitrogen and oxygen atoms in total. The molecule has 0 saturated carbocycles. The van der Waals surface area contributed by atoms with Crippen molar-refractivity contribution in [3.8, 4) is 5.75 Å². The molecule has 0 radical (unpaired) electrons. The highest BCUT2D eigenvalue weighted by atomic mass is 35.5. The zero-order valence-corrected chi connectivity index (χ0v) is 13.2. The average Bonchev–Trinajstić information content (AvgIpc) is 2.49. The third kappa shape index (κ3) is 4.69. The number of benzene rings is 2. The molecule has 0 aliphatic rings. The van der Waals surface area contributed by atoms with Gasteiger partial charge in [0, 0.05) is 6.54 Å². The quantitative estimate of drug-likeness (QED) is 0.785. The van der Waals surface area contributed by atoms with Crippen LogP contribution in [-0.4, -0.2) is 21.6 Å². The van der Waals surface area contributed by atoms with E-state index in [9.17, 15) is 12.8 Å². The lowest BCUT2D eigenvalue weighted by atomic mass is 10.3. The predicted octanol–water partition coefficient (Wildman–Crippen LogP) is 3.23. The summed E-state index contributed by atoms with van der Waals surface area (Å²) in [5.41, 5.74) is 0. The molecule has 0 saturated heterocycles. The Morgan fingerprint density at radius 1 is 1.09 bits per heavy atom. The molecule has 0 spiro atoms. The summed E-state index contributed by atoms with van der Waals surface area (Å²) in [6.45, 7) is 0.533. The summed E-state index contributed by atoms with van der Waals surface area (Å²) in [4.78, 5) is 0.0520. The van der Waals surface area contributed by atoms with E-state index in [-0.39, 0.29) is 22.3 Å². The Hall–Kier alpha value is -1.63. The summed E-state index contributed by atoms with van der Waals surface area (Å²) >= 11 is 5.87. The van der Waals surface area contributed by atoms with Crippen molar-refractivity contribution in [1.82, 2.24) is 4.72 Å². The predicted molar refractivity (Wildman–Crippen MR) is 83.2 cm³/mol. The van der Waals surface area contributed by atoms with Gasteiger partial charge in [-0.25, -0.2) is 17.5 Å². The third-order valence-electron chi connectivity index (χ3n) is 2.82. The Balaban J connectivity index is 1.79. The molecule has 0 atom stereocenters. The van der Waals surface area contributed by atoms with E-state index in [2.05, 4.69) is 4.72 Å². The van der Waals surface area contributed by atoms with Crippen LogP contribution >= 0.6 is 11.6 Å². The molecule has 0 heterocycles. The minimum absolute atomic E-state index is 0.0520. The Kier molecular flexibility index (Phi) is 5.76. The molecule has 2 rings (SSSR count). The second-order valence-corrected chi connectivity index (χ2v) is 6.63. The summed E-state index contributed by atoms with van der Waals surface area (Å²) in [7, 11) is -3.63. The molecule has 0 bridgehead atoms. The van der Waals surface area contributed by atoms with Gasteiger partial charge in [-0.15, -0.1) is 0 Å². The van der Waals surface area contributed by atoms with E-state index in [1.165, 1.54) is 36.4 Å². The molecular weight excluding hydrogens is 329 g/mol. The van der Waals surface area contributed by atoms with Gasteiger partial charge in [0.25, 0.3) is 0 Å². The zero-order valence-electron chi connectivity index (χ0n) is 11.6. The SMILES string of the molecule is O=S(=O)(NCCCOc1ccc(F)cc1)c1ccccc1Cl. The standard InChI is InChI=1S/C15H15ClFNO3S/c16-14-4-1-2-5-15(14)22(19,20)18-10-3-11-21-13-8-6-12(17)7-9-13/h1-2,4-9,18H,3,10-11H2. The Morgan fingerprint density at radius 2 is 1.77 bits per heavy atom. The highest BCUT2D eigenvalue weighted by Crippen LogP contribution is 2.20. The van der Waals surface area contributed by atoms with Crippen LogP contribution in [0, 0.1) is 5.82 Å². The van der Waals surface area contributed by atoms with E-state index in [0.717, 1.165) is 0 Å². The van der Waals surface area contributed by atoms with Crippen LogP contribution in [0.15, 0.2) is 53.4 Å². The van der Waals surface area contributed by atoms with Gasteiger partial charge in [-0.3, -0.25) is 0 Å². The number of hydrogen-bond donors (Lipinski definition) is 1. The van der Waals surface area contributed by atoms with Gasteiger partial charge in [-0.05, 0) is 42.8 Å². The second kappa shape index (κ2) is 7.58. The first kappa shape index (κ1) is 16.7. The van der Waals surface area contributed by atoms with Gasteiger partial charge in [0.2, 0.25) is 10.0 Å². The van der Waals surface area contributed by atoms with Crippen LogP contribution in [0.4, 0.5) is 4.39 Å². The molecule has 0 amide bonds. The molecule has 0 aliphatic carbocycles. The first-order chi connectivity index (χ1) is 10.5.